The predicted molar refractivity (Wildman–Crippen MR) is 88.9 cm³/mol. The summed E-state index contributed by atoms with van der Waals surface area (Å²) in [4.78, 5) is 24.2. The van der Waals surface area contributed by atoms with Crippen molar-refractivity contribution in [3.8, 4) is 5.75 Å². The molecule has 23 heavy (non-hydrogen) atoms. The van der Waals surface area contributed by atoms with Crippen LogP contribution in [-0.4, -0.2) is 36.8 Å². The van der Waals surface area contributed by atoms with Crippen molar-refractivity contribution in [3.05, 3.63) is 40.8 Å². The lowest BCUT2D eigenvalue weighted by Gasteiger charge is -2.11. The third-order valence-corrected chi connectivity index (χ3v) is 3.26. The zero-order valence-electron chi connectivity index (χ0n) is 13.7. The highest BCUT2D eigenvalue weighted by atomic mass is 16.5. The molecule has 0 unspecified atom stereocenters. The molecule has 0 bridgehead atoms. The number of pyridine rings is 1. The molecule has 1 amide bonds. The monoisotopic (exact) mass is 318 g/mol. The van der Waals surface area contributed by atoms with Crippen LogP contribution in [0.3, 0.4) is 0 Å². The van der Waals surface area contributed by atoms with E-state index in [1.165, 1.54) is 4.57 Å². The topological polar surface area (TPSA) is 69.6 Å². The zero-order chi connectivity index (χ0) is 16.8. The quantitative estimate of drug-likeness (QED) is 0.787. The van der Waals surface area contributed by atoms with Crippen LogP contribution >= 0.6 is 0 Å². The fourth-order valence-corrected chi connectivity index (χ4v) is 2.24. The Morgan fingerprint density at radius 3 is 2.78 bits per heavy atom. The Morgan fingerprint density at radius 1 is 1.30 bits per heavy atom. The largest absolute Gasteiger partial charge is 0.491 e. The first-order chi connectivity index (χ1) is 11.0. The molecule has 124 valence electrons. The van der Waals surface area contributed by atoms with Gasteiger partial charge in [0.1, 0.15) is 12.3 Å². The van der Waals surface area contributed by atoms with Gasteiger partial charge in [-0.15, -0.1) is 0 Å². The summed E-state index contributed by atoms with van der Waals surface area (Å²) in [5, 5.41) is 4.05. The molecule has 0 fully saturated rings. The highest BCUT2D eigenvalue weighted by Crippen LogP contribution is 2.19. The van der Waals surface area contributed by atoms with E-state index < -0.39 is 0 Å². The molecule has 1 heterocycles. The van der Waals surface area contributed by atoms with Crippen LogP contribution in [-0.2, 0) is 16.1 Å². The maximum absolute atomic E-state index is 12.4. The standard InChI is InChI=1S/C17H22N2O4/c1-12(2)23-14-4-5-15-13(10-14)6-8-19(17(15)21)11-16(20)18-7-9-22-3/h4-6,8,10,12H,7,9,11H2,1-3H3,(H,18,20). The van der Waals surface area contributed by atoms with Gasteiger partial charge < -0.3 is 19.4 Å². The number of carbonyl (C=O) groups is 1. The third-order valence-electron chi connectivity index (χ3n) is 3.26. The summed E-state index contributed by atoms with van der Waals surface area (Å²) in [5.74, 6) is 0.505. The molecular formula is C17H22N2O4. The van der Waals surface area contributed by atoms with Crippen LogP contribution in [0.15, 0.2) is 35.3 Å². The van der Waals surface area contributed by atoms with Crippen molar-refractivity contribution in [2.45, 2.75) is 26.5 Å². The first-order valence-corrected chi connectivity index (χ1v) is 7.56. The first-order valence-electron chi connectivity index (χ1n) is 7.56. The number of methoxy groups -OCH3 is 1. The minimum absolute atomic E-state index is 0.0112. The van der Waals surface area contributed by atoms with Gasteiger partial charge in [0, 0.05) is 25.2 Å². The van der Waals surface area contributed by atoms with Gasteiger partial charge in [-0.2, -0.15) is 0 Å². The van der Waals surface area contributed by atoms with Gasteiger partial charge in [0.2, 0.25) is 5.91 Å². The second-order valence-corrected chi connectivity index (χ2v) is 5.51. The van der Waals surface area contributed by atoms with Crippen LogP contribution in [0.2, 0.25) is 0 Å². The summed E-state index contributed by atoms with van der Waals surface area (Å²) < 4.78 is 11.9. The summed E-state index contributed by atoms with van der Waals surface area (Å²) >= 11 is 0. The molecule has 0 saturated carbocycles. The average molecular weight is 318 g/mol. The summed E-state index contributed by atoms with van der Waals surface area (Å²) in [5.41, 5.74) is -0.194. The van der Waals surface area contributed by atoms with E-state index in [0.29, 0.717) is 18.5 Å². The Balaban J connectivity index is 2.18. The molecule has 6 nitrogen and oxygen atoms in total. The number of nitrogens with zero attached hydrogens (tertiary/aromatic N) is 1. The van der Waals surface area contributed by atoms with Crippen LogP contribution in [0.25, 0.3) is 10.8 Å². The minimum Gasteiger partial charge on any atom is -0.491 e. The number of carbonyl (C=O) groups excluding carboxylic acids is 1. The van der Waals surface area contributed by atoms with Crippen molar-refractivity contribution in [1.29, 1.82) is 0 Å². The number of aromatic nitrogens is 1. The zero-order valence-corrected chi connectivity index (χ0v) is 13.7. The number of amides is 1. The number of benzene rings is 1. The van der Waals surface area contributed by atoms with E-state index in [4.69, 9.17) is 9.47 Å². The highest BCUT2D eigenvalue weighted by molar-refractivity contribution is 5.83. The van der Waals surface area contributed by atoms with Gasteiger partial charge in [0.05, 0.1) is 12.7 Å². The fraction of sp³-hybridized carbons (Fsp3) is 0.412. The predicted octanol–water partition coefficient (Wildman–Crippen LogP) is 1.55. The van der Waals surface area contributed by atoms with Gasteiger partial charge >= 0.3 is 0 Å². The number of hydrogen-bond acceptors (Lipinski definition) is 4. The van der Waals surface area contributed by atoms with E-state index in [2.05, 4.69) is 5.32 Å². The Hall–Kier alpha value is -2.34. The van der Waals surface area contributed by atoms with Gasteiger partial charge in [0.25, 0.3) is 5.56 Å². The molecule has 1 N–H and O–H groups in total. The lowest BCUT2D eigenvalue weighted by atomic mass is 10.1. The van der Waals surface area contributed by atoms with Crippen LogP contribution in [0.4, 0.5) is 0 Å². The fourth-order valence-electron chi connectivity index (χ4n) is 2.24. The SMILES string of the molecule is COCCNC(=O)Cn1ccc2cc(OC(C)C)ccc2c1=O. The van der Waals surface area contributed by atoms with Crippen LogP contribution in [0.5, 0.6) is 5.75 Å². The first kappa shape index (κ1) is 17.0. The van der Waals surface area contributed by atoms with Crippen molar-refractivity contribution < 1.29 is 14.3 Å². The molecule has 1 aromatic carbocycles. The normalized spacial score (nSPS) is 11.0. The number of nitrogens with one attached hydrogen (secondary N) is 1. The van der Waals surface area contributed by atoms with Crippen molar-refractivity contribution in [2.24, 2.45) is 0 Å². The number of ether oxygens (including phenoxy) is 2. The highest BCUT2D eigenvalue weighted by Gasteiger charge is 2.08. The van der Waals surface area contributed by atoms with Gasteiger partial charge in [-0.1, -0.05) is 0 Å². The lowest BCUT2D eigenvalue weighted by Crippen LogP contribution is -2.33. The Morgan fingerprint density at radius 2 is 2.09 bits per heavy atom. The molecule has 1 aromatic heterocycles. The lowest BCUT2D eigenvalue weighted by molar-refractivity contribution is -0.121. The van der Waals surface area contributed by atoms with Crippen molar-refractivity contribution in [3.63, 3.8) is 0 Å². The Labute approximate surface area is 135 Å². The van der Waals surface area contributed by atoms with Gasteiger partial charge in [-0.05, 0) is 43.5 Å². The number of rotatable bonds is 7. The maximum atomic E-state index is 12.4. The maximum Gasteiger partial charge on any atom is 0.258 e. The van der Waals surface area contributed by atoms with Crippen molar-refractivity contribution >= 4 is 16.7 Å². The second kappa shape index (κ2) is 7.78. The van der Waals surface area contributed by atoms with E-state index in [-0.39, 0.29) is 24.1 Å². The summed E-state index contributed by atoms with van der Waals surface area (Å²) in [6.45, 7) is 4.75. The Bertz CT molecular complexity index is 737. The van der Waals surface area contributed by atoms with Crippen LogP contribution in [0, 0.1) is 0 Å². The van der Waals surface area contributed by atoms with E-state index in [0.717, 1.165) is 11.1 Å². The van der Waals surface area contributed by atoms with Crippen molar-refractivity contribution in [2.75, 3.05) is 20.3 Å². The van der Waals surface area contributed by atoms with E-state index in [1.54, 1.807) is 25.4 Å². The molecule has 0 aliphatic rings. The van der Waals surface area contributed by atoms with Crippen LogP contribution < -0.4 is 15.6 Å². The molecule has 2 rings (SSSR count). The average Bonchev–Trinajstić information content (AvgIpc) is 2.50. The number of hydrogen-bond donors (Lipinski definition) is 1. The molecule has 6 heteroatoms. The van der Waals surface area contributed by atoms with E-state index >= 15 is 0 Å². The van der Waals surface area contributed by atoms with Gasteiger partial charge in [-0.3, -0.25) is 9.59 Å². The molecule has 0 saturated heterocycles. The summed E-state index contributed by atoms with van der Waals surface area (Å²) in [6, 6.07) is 7.15. The smallest absolute Gasteiger partial charge is 0.258 e. The second-order valence-electron chi connectivity index (χ2n) is 5.51. The minimum atomic E-state index is -0.219. The van der Waals surface area contributed by atoms with Gasteiger partial charge in [0.15, 0.2) is 0 Å². The molecule has 2 aromatic rings. The van der Waals surface area contributed by atoms with Crippen LogP contribution in [0.1, 0.15) is 13.8 Å². The van der Waals surface area contributed by atoms with E-state index in [1.807, 2.05) is 26.0 Å². The van der Waals surface area contributed by atoms with E-state index in [9.17, 15) is 9.59 Å². The molecular weight excluding hydrogens is 296 g/mol. The molecule has 0 radical (unpaired) electrons. The molecule has 0 spiro atoms. The molecule has 0 atom stereocenters. The molecule has 0 aliphatic carbocycles. The van der Waals surface area contributed by atoms with Crippen molar-refractivity contribution in [1.82, 2.24) is 9.88 Å². The molecule has 0 aliphatic heterocycles. The Kier molecular flexibility index (Phi) is 5.76. The summed E-state index contributed by atoms with van der Waals surface area (Å²) in [6.07, 6.45) is 1.70. The third kappa shape index (κ3) is 4.56. The number of fused-ring (bicyclic) bond motifs is 1. The van der Waals surface area contributed by atoms with Gasteiger partial charge in [-0.25, -0.2) is 0 Å². The summed E-state index contributed by atoms with van der Waals surface area (Å²) in [7, 11) is 1.57.